The average Bonchev–Trinajstić information content (AvgIpc) is 3.33. The highest BCUT2D eigenvalue weighted by Gasteiger charge is 2.32. The number of carbonyl (C=O) groups is 1. The van der Waals surface area contributed by atoms with Gasteiger partial charge in [-0.25, -0.2) is 4.79 Å². The first-order valence-corrected chi connectivity index (χ1v) is 8.85. The third-order valence-electron chi connectivity index (χ3n) is 5.00. The second-order valence-electron chi connectivity index (χ2n) is 6.67. The zero-order chi connectivity index (χ0) is 17.2. The molecule has 0 aliphatic carbocycles. The van der Waals surface area contributed by atoms with E-state index in [4.69, 9.17) is 4.74 Å². The fraction of sp³-hybridized carbons (Fsp3) is 0.500. The molecular weight excluding hydrogens is 318 g/mol. The Morgan fingerprint density at radius 3 is 3.20 bits per heavy atom. The Labute approximate surface area is 147 Å². The molecule has 2 aliphatic rings. The third-order valence-corrected chi connectivity index (χ3v) is 5.00. The third kappa shape index (κ3) is 3.18. The summed E-state index contributed by atoms with van der Waals surface area (Å²) in [5, 5.41) is 11.2. The molecule has 3 heterocycles. The average molecular weight is 341 g/mol. The van der Waals surface area contributed by atoms with Gasteiger partial charge in [0.15, 0.2) is 5.82 Å². The van der Waals surface area contributed by atoms with Gasteiger partial charge >= 0.3 is 6.03 Å². The topological polar surface area (TPSA) is 72.3 Å². The van der Waals surface area contributed by atoms with Crippen LogP contribution in [-0.2, 0) is 19.9 Å². The SMILES string of the molecule is Cn1cnnc1[C@H]1CCCN1C(=O)NCCc1ccc2c(c1)CCO2. The van der Waals surface area contributed by atoms with Crippen molar-refractivity contribution in [3.63, 3.8) is 0 Å². The van der Waals surface area contributed by atoms with E-state index in [9.17, 15) is 4.79 Å². The van der Waals surface area contributed by atoms with Crippen molar-refractivity contribution in [2.24, 2.45) is 7.05 Å². The van der Waals surface area contributed by atoms with E-state index in [1.165, 1.54) is 11.1 Å². The number of hydrogen-bond acceptors (Lipinski definition) is 4. The van der Waals surface area contributed by atoms with Crippen LogP contribution >= 0.6 is 0 Å². The van der Waals surface area contributed by atoms with E-state index in [-0.39, 0.29) is 12.1 Å². The highest BCUT2D eigenvalue weighted by atomic mass is 16.5. The quantitative estimate of drug-likeness (QED) is 0.921. The molecule has 0 unspecified atom stereocenters. The summed E-state index contributed by atoms with van der Waals surface area (Å²) < 4.78 is 7.42. The van der Waals surface area contributed by atoms with E-state index in [1.54, 1.807) is 6.33 Å². The maximum absolute atomic E-state index is 12.6. The number of amides is 2. The van der Waals surface area contributed by atoms with Crippen molar-refractivity contribution in [1.82, 2.24) is 25.0 Å². The van der Waals surface area contributed by atoms with Crippen LogP contribution < -0.4 is 10.1 Å². The molecule has 1 fully saturated rings. The number of urea groups is 1. The number of nitrogens with zero attached hydrogens (tertiary/aromatic N) is 4. The molecule has 1 aromatic heterocycles. The number of nitrogens with one attached hydrogen (secondary N) is 1. The van der Waals surface area contributed by atoms with Crippen molar-refractivity contribution in [1.29, 1.82) is 0 Å². The molecule has 0 saturated carbocycles. The van der Waals surface area contributed by atoms with Crippen LogP contribution in [0.3, 0.4) is 0 Å². The minimum atomic E-state index is -0.0185. The van der Waals surface area contributed by atoms with Crippen molar-refractivity contribution in [2.75, 3.05) is 19.7 Å². The monoisotopic (exact) mass is 341 g/mol. The largest absolute Gasteiger partial charge is 0.493 e. The van der Waals surface area contributed by atoms with Crippen molar-refractivity contribution in [3.05, 3.63) is 41.5 Å². The lowest BCUT2D eigenvalue weighted by Gasteiger charge is -2.24. The predicted molar refractivity (Wildman–Crippen MR) is 92.4 cm³/mol. The Balaban J connectivity index is 1.33. The molecule has 1 saturated heterocycles. The Hall–Kier alpha value is -2.57. The van der Waals surface area contributed by atoms with Crippen molar-refractivity contribution < 1.29 is 9.53 Å². The summed E-state index contributed by atoms with van der Waals surface area (Å²) in [6, 6.07) is 6.30. The van der Waals surface area contributed by atoms with Crippen LogP contribution in [0.4, 0.5) is 4.79 Å². The zero-order valence-electron chi connectivity index (χ0n) is 14.4. The molecule has 2 aromatic rings. The number of aromatic nitrogens is 3. The fourth-order valence-corrected chi connectivity index (χ4v) is 3.68. The van der Waals surface area contributed by atoms with E-state index < -0.39 is 0 Å². The molecular formula is C18H23N5O2. The van der Waals surface area contributed by atoms with Gasteiger partial charge in [0.2, 0.25) is 0 Å². The highest BCUT2D eigenvalue weighted by molar-refractivity contribution is 5.75. The number of likely N-dealkylation sites (tertiary alicyclic amines) is 1. The Bertz CT molecular complexity index is 773. The first-order valence-electron chi connectivity index (χ1n) is 8.85. The molecule has 25 heavy (non-hydrogen) atoms. The smallest absolute Gasteiger partial charge is 0.318 e. The lowest BCUT2D eigenvalue weighted by atomic mass is 10.1. The number of hydrogen-bond donors (Lipinski definition) is 1. The molecule has 0 radical (unpaired) electrons. The van der Waals surface area contributed by atoms with Gasteiger partial charge in [-0.3, -0.25) is 0 Å². The van der Waals surface area contributed by atoms with Gasteiger partial charge in [0, 0.05) is 26.6 Å². The lowest BCUT2D eigenvalue weighted by Crippen LogP contribution is -2.40. The summed E-state index contributed by atoms with van der Waals surface area (Å²) in [5.41, 5.74) is 2.50. The van der Waals surface area contributed by atoms with E-state index in [1.807, 2.05) is 22.6 Å². The van der Waals surface area contributed by atoms with Crippen molar-refractivity contribution >= 4 is 6.03 Å². The number of rotatable bonds is 4. The first kappa shape index (κ1) is 15.9. The fourth-order valence-electron chi connectivity index (χ4n) is 3.68. The van der Waals surface area contributed by atoms with Crippen LogP contribution in [0.5, 0.6) is 5.75 Å². The number of carbonyl (C=O) groups excluding carboxylic acids is 1. The standard InChI is InChI=1S/C18H23N5O2/c1-22-12-20-21-17(22)15-3-2-9-23(15)18(24)19-8-6-13-4-5-16-14(11-13)7-10-25-16/h4-5,11-12,15H,2-3,6-10H2,1H3,(H,19,24)/t15-/m1/s1. The first-order chi connectivity index (χ1) is 12.2. The number of benzene rings is 1. The molecule has 132 valence electrons. The summed E-state index contributed by atoms with van der Waals surface area (Å²) >= 11 is 0. The molecule has 1 aromatic carbocycles. The zero-order valence-corrected chi connectivity index (χ0v) is 14.4. The molecule has 1 atom stereocenters. The van der Waals surface area contributed by atoms with E-state index in [0.29, 0.717) is 6.54 Å². The molecule has 0 bridgehead atoms. The minimum Gasteiger partial charge on any atom is -0.493 e. The second-order valence-corrected chi connectivity index (χ2v) is 6.67. The predicted octanol–water partition coefficient (Wildman–Crippen LogP) is 1.84. The van der Waals surface area contributed by atoms with Crippen LogP contribution in [-0.4, -0.2) is 45.4 Å². The van der Waals surface area contributed by atoms with Crippen molar-refractivity contribution in [3.8, 4) is 5.75 Å². The van der Waals surface area contributed by atoms with Crippen molar-refractivity contribution in [2.45, 2.75) is 31.7 Å². The molecule has 7 heteroatoms. The van der Waals surface area contributed by atoms with E-state index in [0.717, 1.165) is 50.4 Å². The maximum atomic E-state index is 12.6. The van der Waals surface area contributed by atoms with Crippen LogP contribution in [0, 0.1) is 0 Å². The molecule has 1 N–H and O–H groups in total. The highest BCUT2D eigenvalue weighted by Crippen LogP contribution is 2.30. The summed E-state index contributed by atoms with van der Waals surface area (Å²) in [6.07, 6.45) is 5.41. The van der Waals surface area contributed by atoms with Gasteiger partial charge in [-0.1, -0.05) is 12.1 Å². The Morgan fingerprint density at radius 2 is 2.36 bits per heavy atom. The van der Waals surface area contributed by atoms with Gasteiger partial charge in [0.1, 0.15) is 12.1 Å². The van der Waals surface area contributed by atoms with Gasteiger partial charge in [-0.2, -0.15) is 0 Å². The lowest BCUT2D eigenvalue weighted by molar-refractivity contribution is 0.190. The van der Waals surface area contributed by atoms with Crippen LogP contribution in [0.1, 0.15) is 35.8 Å². The number of fused-ring (bicyclic) bond motifs is 1. The van der Waals surface area contributed by atoms with Gasteiger partial charge in [0.05, 0.1) is 12.6 Å². The van der Waals surface area contributed by atoms with Crippen LogP contribution in [0.15, 0.2) is 24.5 Å². The second kappa shape index (κ2) is 6.74. The molecule has 0 spiro atoms. The summed E-state index contributed by atoms with van der Waals surface area (Å²) in [5.74, 6) is 1.85. The van der Waals surface area contributed by atoms with E-state index >= 15 is 0 Å². The Morgan fingerprint density at radius 1 is 1.44 bits per heavy atom. The van der Waals surface area contributed by atoms with Gasteiger partial charge in [-0.15, -0.1) is 10.2 Å². The molecule has 2 aliphatic heterocycles. The number of aryl methyl sites for hydroxylation is 1. The summed E-state index contributed by atoms with van der Waals surface area (Å²) in [7, 11) is 1.92. The van der Waals surface area contributed by atoms with Gasteiger partial charge < -0.3 is 19.5 Å². The Kier molecular flexibility index (Phi) is 4.29. The van der Waals surface area contributed by atoms with Crippen LogP contribution in [0.25, 0.3) is 0 Å². The van der Waals surface area contributed by atoms with Gasteiger partial charge in [-0.05, 0) is 36.5 Å². The normalized spacial score (nSPS) is 18.9. The van der Waals surface area contributed by atoms with E-state index in [2.05, 4.69) is 27.6 Å². The van der Waals surface area contributed by atoms with Crippen LogP contribution in [0.2, 0.25) is 0 Å². The minimum absolute atomic E-state index is 0.0182. The van der Waals surface area contributed by atoms with Gasteiger partial charge in [0.25, 0.3) is 0 Å². The summed E-state index contributed by atoms with van der Waals surface area (Å²) in [4.78, 5) is 14.5. The molecule has 7 nitrogen and oxygen atoms in total. The molecule has 2 amide bonds. The maximum Gasteiger partial charge on any atom is 0.318 e. The summed E-state index contributed by atoms with van der Waals surface area (Å²) in [6.45, 7) is 2.16. The number of ether oxygens (including phenoxy) is 1. The molecule has 4 rings (SSSR count).